The molecule has 0 spiro atoms. The van der Waals surface area contributed by atoms with Gasteiger partial charge in [0.05, 0.1) is 0 Å². The van der Waals surface area contributed by atoms with Crippen molar-refractivity contribution in [2.75, 3.05) is 31.6 Å². The van der Waals surface area contributed by atoms with Gasteiger partial charge in [0.1, 0.15) is 0 Å². The summed E-state index contributed by atoms with van der Waals surface area (Å²) in [6.07, 6.45) is 6.33. The van der Waals surface area contributed by atoms with Gasteiger partial charge in [0.15, 0.2) is 0 Å². The summed E-state index contributed by atoms with van der Waals surface area (Å²) < 4.78 is 0. The normalized spacial score (nSPS) is 22.6. The van der Waals surface area contributed by atoms with Crippen molar-refractivity contribution >= 4 is 11.8 Å². The van der Waals surface area contributed by atoms with Gasteiger partial charge in [-0.2, -0.15) is 11.8 Å². The van der Waals surface area contributed by atoms with Crippen molar-refractivity contribution in [1.82, 2.24) is 10.2 Å². The smallest absolute Gasteiger partial charge is 0.0195 e. The van der Waals surface area contributed by atoms with E-state index >= 15 is 0 Å². The second-order valence-corrected chi connectivity index (χ2v) is 5.71. The molecule has 0 bridgehead atoms. The molecule has 1 fully saturated rings. The fraction of sp³-hybridized carbons (Fsp3) is 1.00. The lowest BCUT2D eigenvalue weighted by Gasteiger charge is -2.33. The Morgan fingerprint density at radius 3 is 2.73 bits per heavy atom. The lowest BCUT2D eigenvalue weighted by atomic mass is 10.0. The third-order valence-corrected chi connectivity index (χ3v) is 3.77. The lowest BCUT2D eigenvalue weighted by Crippen LogP contribution is -2.46. The van der Waals surface area contributed by atoms with Gasteiger partial charge < -0.3 is 5.32 Å². The van der Waals surface area contributed by atoms with Crippen molar-refractivity contribution in [1.29, 1.82) is 0 Å². The first-order valence-electron chi connectivity index (χ1n) is 6.20. The van der Waals surface area contributed by atoms with Gasteiger partial charge in [0.2, 0.25) is 0 Å². The zero-order chi connectivity index (χ0) is 11.1. The average molecular weight is 230 g/mol. The highest BCUT2D eigenvalue weighted by Gasteiger charge is 2.17. The molecular weight excluding hydrogens is 204 g/mol. The van der Waals surface area contributed by atoms with Crippen LogP contribution in [0.15, 0.2) is 0 Å². The van der Waals surface area contributed by atoms with Gasteiger partial charge in [-0.3, -0.25) is 4.90 Å². The molecule has 0 aromatic heterocycles. The average Bonchev–Trinajstić information content (AvgIpc) is 2.25. The molecule has 0 saturated carbocycles. The van der Waals surface area contributed by atoms with Crippen molar-refractivity contribution in [2.24, 2.45) is 0 Å². The molecule has 1 rings (SSSR count). The molecule has 0 aromatic carbocycles. The first-order valence-corrected chi connectivity index (χ1v) is 7.59. The Bertz CT molecular complexity index is 156. The van der Waals surface area contributed by atoms with Crippen LogP contribution in [0.5, 0.6) is 0 Å². The Hall–Kier alpha value is 0.270. The van der Waals surface area contributed by atoms with Crippen molar-refractivity contribution in [3.8, 4) is 0 Å². The van der Waals surface area contributed by atoms with Gasteiger partial charge in [-0.15, -0.1) is 0 Å². The molecule has 0 aromatic rings. The largest absolute Gasteiger partial charge is 0.313 e. The SMILES string of the molecule is CSCCN(CC1CCCCN1)C(C)C. The van der Waals surface area contributed by atoms with E-state index in [9.17, 15) is 0 Å². The van der Waals surface area contributed by atoms with E-state index < -0.39 is 0 Å². The van der Waals surface area contributed by atoms with Crippen molar-refractivity contribution in [3.05, 3.63) is 0 Å². The third kappa shape index (κ3) is 5.23. The molecule has 0 amide bonds. The molecule has 0 radical (unpaired) electrons. The Morgan fingerprint density at radius 2 is 2.20 bits per heavy atom. The molecule has 90 valence electrons. The van der Waals surface area contributed by atoms with Crippen LogP contribution in [0.2, 0.25) is 0 Å². The van der Waals surface area contributed by atoms with Crippen LogP contribution < -0.4 is 5.32 Å². The van der Waals surface area contributed by atoms with Gasteiger partial charge in [0, 0.05) is 30.9 Å². The fourth-order valence-corrected chi connectivity index (χ4v) is 2.55. The van der Waals surface area contributed by atoms with Crippen molar-refractivity contribution in [2.45, 2.75) is 45.2 Å². The second kappa shape index (κ2) is 7.53. The van der Waals surface area contributed by atoms with Gasteiger partial charge in [-0.05, 0) is 39.5 Å². The summed E-state index contributed by atoms with van der Waals surface area (Å²) in [6, 6.07) is 1.42. The Morgan fingerprint density at radius 1 is 1.40 bits per heavy atom. The van der Waals surface area contributed by atoms with Crippen LogP contribution in [0.3, 0.4) is 0 Å². The van der Waals surface area contributed by atoms with Crippen LogP contribution >= 0.6 is 11.8 Å². The molecule has 1 aliphatic rings. The monoisotopic (exact) mass is 230 g/mol. The summed E-state index contributed by atoms with van der Waals surface area (Å²) in [5, 5.41) is 3.63. The molecule has 1 unspecified atom stereocenters. The fourth-order valence-electron chi connectivity index (χ4n) is 2.13. The predicted molar refractivity (Wildman–Crippen MR) is 70.7 cm³/mol. The van der Waals surface area contributed by atoms with Crippen LogP contribution in [-0.4, -0.2) is 48.6 Å². The summed E-state index contributed by atoms with van der Waals surface area (Å²) in [5.41, 5.74) is 0. The first-order chi connectivity index (χ1) is 7.24. The quantitative estimate of drug-likeness (QED) is 0.753. The Balaban J connectivity index is 2.28. The number of nitrogens with zero attached hydrogens (tertiary/aromatic N) is 1. The molecular formula is C12H26N2S. The van der Waals surface area contributed by atoms with Crippen LogP contribution in [0, 0.1) is 0 Å². The van der Waals surface area contributed by atoms with E-state index in [1.807, 2.05) is 11.8 Å². The maximum atomic E-state index is 3.63. The molecule has 1 heterocycles. The highest BCUT2D eigenvalue weighted by Crippen LogP contribution is 2.10. The summed E-state index contributed by atoms with van der Waals surface area (Å²) in [7, 11) is 0. The maximum absolute atomic E-state index is 3.63. The molecule has 0 aliphatic carbocycles. The zero-order valence-corrected chi connectivity index (χ0v) is 11.3. The highest BCUT2D eigenvalue weighted by atomic mass is 32.2. The number of hydrogen-bond acceptors (Lipinski definition) is 3. The van der Waals surface area contributed by atoms with Gasteiger partial charge in [-0.25, -0.2) is 0 Å². The van der Waals surface area contributed by atoms with E-state index in [0.717, 1.165) is 6.04 Å². The highest BCUT2D eigenvalue weighted by molar-refractivity contribution is 7.98. The minimum atomic E-state index is 0.681. The lowest BCUT2D eigenvalue weighted by molar-refractivity contribution is 0.195. The predicted octanol–water partition coefficient (Wildman–Crippen LogP) is 2.20. The molecule has 3 heteroatoms. The summed E-state index contributed by atoms with van der Waals surface area (Å²) >= 11 is 1.95. The molecule has 15 heavy (non-hydrogen) atoms. The number of nitrogens with one attached hydrogen (secondary N) is 1. The van der Waals surface area contributed by atoms with Crippen LogP contribution in [0.1, 0.15) is 33.1 Å². The first kappa shape index (κ1) is 13.3. The molecule has 1 N–H and O–H groups in total. The van der Waals surface area contributed by atoms with Crippen LogP contribution in [-0.2, 0) is 0 Å². The van der Waals surface area contributed by atoms with E-state index in [1.54, 1.807) is 0 Å². The number of hydrogen-bond donors (Lipinski definition) is 1. The van der Waals surface area contributed by atoms with Gasteiger partial charge in [-0.1, -0.05) is 6.42 Å². The molecule has 1 atom stereocenters. The molecule has 1 aliphatic heterocycles. The minimum Gasteiger partial charge on any atom is -0.313 e. The second-order valence-electron chi connectivity index (χ2n) is 4.73. The van der Waals surface area contributed by atoms with E-state index in [0.29, 0.717) is 6.04 Å². The Kier molecular flexibility index (Phi) is 6.69. The summed E-state index contributed by atoms with van der Waals surface area (Å²) in [5.74, 6) is 1.25. The Labute approximate surface area is 99.2 Å². The maximum Gasteiger partial charge on any atom is 0.0195 e. The van der Waals surface area contributed by atoms with E-state index in [2.05, 4.69) is 30.3 Å². The number of rotatable bonds is 6. The van der Waals surface area contributed by atoms with Crippen LogP contribution in [0.4, 0.5) is 0 Å². The van der Waals surface area contributed by atoms with Crippen molar-refractivity contribution < 1.29 is 0 Å². The molecule has 2 nitrogen and oxygen atoms in total. The standard InChI is InChI=1S/C12H26N2S/c1-11(2)14(8-9-15-3)10-12-6-4-5-7-13-12/h11-13H,4-10H2,1-3H3. The number of piperidine rings is 1. The van der Waals surface area contributed by atoms with Gasteiger partial charge >= 0.3 is 0 Å². The summed E-state index contributed by atoms with van der Waals surface area (Å²) in [4.78, 5) is 2.61. The zero-order valence-electron chi connectivity index (χ0n) is 10.5. The minimum absolute atomic E-state index is 0.681. The third-order valence-electron chi connectivity index (χ3n) is 3.18. The van der Waals surface area contributed by atoms with Crippen molar-refractivity contribution in [3.63, 3.8) is 0 Å². The summed E-state index contributed by atoms with van der Waals surface area (Å²) in [6.45, 7) is 8.31. The van der Waals surface area contributed by atoms with Crippen LogP contribution in [0.25, 0.3) is 0 Å². The van der Waals surface area contributed by atoms with Gasteiger partial charge in [0.25, 0.3) is 0 Å². The molecule has 1 saturated heterocycles. The number of thioether (sulfide) groups is 1. The van der Waals surface area contributed by atoms with E-state index in [1.165, 1.54) is 44.6 Å². The van der Waals surface area contributed by atoms with E-state index in [4.69, 9.17) is 0 Å². The van der Waals surface area contributed by atoms with E-state index in [-0.39, 0.29) is 0 Å². The topological polar surface area (TPSA) is 15.3 Å².